The lowest BCUT2D eigenvalue weighted by Crippen LogP contribution is -2.32. The molecule has 0 bridgehead atoms. The second-order valence-electron chi connectivity index (χ2n) is 4.46. The zero-order valence-corrected chi connectivity index (χ0v) is 14.8. The van der Waals surface area contributed by atoms with Gasteiger partial charge in [0.15, 0.2) is 0 Å². The van der Waals surface area contributed by atoms with Gasteiger partial charge in [0.1, 0.15) is 0 Å². The molecule has 2 amide bonds. The summed E-state index contributed by atoms with van der Waals surface area (Å²) in [6.07, 6.45) is 1.33. The van der Waals surface area contributed by atoms with Crippen molar-refractivity contribution in [1.29, 1.82) is 0 Å². The van der Waals surface area contributed by atoms with E-state index in [2.05, 4.69) is 15.8 Å². The Bertz CT molecular complexity index is 824. The Morgan fingerprint density at radius 1 is 0.833 bits per heavy atom. The van der Waals surface area contributed by atoms with Crippen molar-refractivity contribution in [2.24, 2.45) is 5.10 Å². The second-order valence-corrected chi connectivity index (χ2v) is 6.08. The summed E-state index contributed by atoms with van der Waals surface area (Å²) in [4.78, 5) is 23.4. The fourth-order valence-electron chi connectivity index (χ4n) is 1.57. The van der Waals surface area contributed by atoms with Crippen molar-refractivity contribution in [3.05, 3.63) is 62.1 Å². The number of carbonyl (C=O) groups is 2. The van der Waals surface area contributed by atoms with Crippen LogP contribution in [-0.2, 0) is 9.59 Å². The normalized spacial score (nSPS) is 10.7. The molecule has 2 aromatic rings. The van der Waals surface area contributed by atoms with Gasteiger partial charge in [-0.25, -0.2) is 5.43 Å². The predicted octanol–water partition coefficient (Wildman–Crippen LogP) is 4.39. The summed E-state index contributed by atoms with van der Waals surface area (Å²) in [7, 11) is 0. The molecule has 0 saturated carbocycles. The SMILES string of the molecule is O=C(N/N=C\c1ccc(Cl)c(Cl)c1)C(=O)Nc1ccc(Cl)c(Cl)c1. The summed E-state index contributed by atoms with van der Waals surface area (Å²) in [6, 6.07) is 9.24. The molecule has 2 aromatic carbocycles. The highest BCUT2D eigenvalue weighted by molar-refractivity contribution is 6.43. The van der Waals surface area contributed by atoms with E-state index in [0.29, 0.717) is 26.3 Å². The summed E-state index contributed by atoms with van der Waals surface area (Å²) < 4.78 is 0. The van der Waals surface area contributed by atoms with E-state index in [4.69, 9.17) is 46.4 Å². The van der Waals surface area contributed by atoms with Crippen LogP contribution in [-0.4, -0.2) is 18.0 Å². The van der Waals surface area contributed by atoms with Gasteiger partial charge >= 0.3 is 11.8 Å². The minimum absolute atomic E-state index is 0.257. The molecular formula is C15H9Cl4N3O2. The number of halogens is 4. The summed E-state index contributed by atoms with van der Waals surface area (Å²) >= 11 is 23.2. The monoisotopic (exact) mass is 403 g/mol. The first-order valence-electron chi connectivity index (χ1n) is 6.41. The van der Waals surface area contributed by atoms with Crippen LogP contribution in [0.1, 0.15) is 5.56 Å². The lowest BCUT2D eigenvalue weighted by molar-refractivity contribution is -0.136. The molecule has 0 saturated heterocycles. The van der Waals surface area contributed by atoms with Gasteiger partial charge in [-0.1, -0.05) is 52.5 Å². The number of nitrogens with one attached hydrogen (secondary N) is 2. The van der Waals surface area contributed by atoms with Crippen LogP contribution in [0.25, 0.3) is 0 Å². The van der Waals surface area contributed by atoms with E-state index in [-0.39, 0.29) is 5.02 Å². The van der Waals surface area contributed by atoms with Gasteiger partial charge in [0, 0.05) is 5.69 Å². The van der Waals surface area contributed by atoms with Gasteiger partial charge < -0.3 is 5.32 Å². The minimum Gasteiger partial charge on any atom is -0.318 e. The van der Waals surface area contributed by atoms with Gasteiger partial charge in [-0.05, 0) is 35.9 Å². The number of hydrogen-bond donors (Lipinski definition) is 2. The summed E-state index contributed by atoms with van der Waals surface area (Å²) in [5.74, 6) is -1.85. The first kappa shape index (κ1) is 18.5. The summed E-state index contributed by atoms with van der Waals surface area (Å²) in [6.45, 7) is 0. The fraction of sp³-hybridized carbons (Fsp3) is 0. The predicted molar refractivity (Wildman–Crippen MR) is 97.3 cm³/mol. The highest BCUT2D eigenvalue weighted by Gasteiger charge is 2.13. The first-order chi connectivity index (χ1) is 11.4. The molecule has 0 spiro atoms. The maximum Gasteiger partial charge on any atom is 0.329 e. The molecule has 5 nitrogen and oxygen atoms in total. The lowest BCUT2D eigenvalue weighted by atomic mass is 10.2. The van der Waals surface area contributed by atoms with Crippen molar-refractivity contribution in [2.75, 3.05) is 5.32 Å². The largest absolute Gasteiger partial charge is 0.329 e. The van der Waals surface area contributed by atoms with Crippen LogP contribution in [0, 0.1) is 0 Å². The van der Waals surface area contributed by atoms with Crippen LogP contribution < -0.4 is 10.7 Å². The molecule has 0 heterocycles. The van der Waals surface area contributed by atoms with Crippen molar-refractivity contribution in [1.82, 2.24) is 5.43 Å². The molecule has 9 heteroatoms. The van der Waals surface area contributed by atoms with E-state index in [1.165, 1.54) is 24.4 Å². The van der Waals surface area contributed by atoms with Gasteiger partial charge in [-0.2, -0.15) is 5.10 Å². The molecule has 0 aliphatic carbocycles. The molecule has 0 fully saturated rings. The molecule has 0 radical (unpaired) electrons. The number of amides is 2. The summed E-state index contributed by atoms with van der Waals surface area (Å²) in [5.41, 5.74) is 3.03. The first-order valence-corrected chi connectivity index (χ1v) is 7.92. The van der Waals surface area contributed by atoms with Crippen molar-refractivity contribution in [3.63, 3.8) is 0 Å². The number of benzene rings is 2. The van der Waals surface area contributed by atoms with Gasteiger partial charge in [-0.15, -0.1) is 0 Å². The maximum atomic E-state index is 11.7. The molecule has 0 atom stereocenters. The number of carbonyl (C=O) groups excluding carboxylic acids is 2. The van der Waals surface area contributed by atoms with E-state index in [0.717, 1.165) is 0 Å². The molecular weight excluding hydrogens is 396 g/mol. The number of rotatable bonds is 3. The Labute approximate surface area is 157 Å². The van der Waals surface area contributed by atoms with Crippen molar-refractivity contribution < 1.29 is 9.59 Å². The third kappa shape index (κ3) is 5.11. The van der Waals surface area contributed by atoms with Crippen molar-refractivity contribution in [2.45, 2.75) is 0 Å². The highest BCUT2D eigenvalue weighted by Crippen LogP contribution is 2.25. The third-order valence-corrected chi connectivity index (χ3v) is 4.19. The number of hydrazone groups is 1. The number of anilines is 1. The quantitative estimate of drug-likeness (QED) is 0.452. The third-order valence-electron chi connectivity index (χ3n) is 2.71. The van der Waals surface area contributed by atoms with Gasteiger partial charge in [-0.3, -0.25) is 9.59 Å². The van der Waals surface area contributed by atoms with Gasteiger partial charge in [0.25, 0.3) is 0 Å². The molecule has 2 N–H and O–H groups in total. The number of nitrogens with zero attached hydrogens (tertiary/aromatic N) is 1. The van der Waals surface area contributed by atoms with E-state index >= 15 is 0 Å². The van der Waals surface area contributed by atoms with Crippen LogP contribution in [0.4, 0.5) is 5.69 Å². The van der Waals surface area contributed by atoms with Crippen LogP contribution in [0.2, 0.25) is 20.1 Å². The number of hydrogen-bond acceptors (Lipinski definition) is 3. The van der Waals surface area contributed by atoms with Crippen LogP contribution in [0.15, 0.2) is 41.5 Å². The zero-order valence-electron chi connectivity index (χ0n) is 11.8. The Morgan fingerprint density at radius 3 is 2.08 bits per heavy atom. The Kier molecular flexibility index (Phi) is 6.45. The Hall–Kier alpha value is -1.79. The van der Waals surface area contributed by atoms with E-state index in [9.17, 15) is 9.59 Å². The maximum absolute atomic E-state index is 11.7. The van der Waals surface area contributed by atoms with Crippen LogP contribution in [0.3, 0.4) is 0 Å². The molecule has 0 unspecified atom stereocenters. The molecule has 124 valence electrons. The van der Waals surface area contributed by atoms with Gasteiger partial charge in [0.2, 0.25) is 0 Å². The Morgan fingerprint density at radius 2 is 1.46 bits per heavy atom. The molecule has 24 heavy (non-hydrogen) atoms. The fourth-order valence-corrected chi connectivity index (χ4v) is 2.18. The van der Waals surface area contributed by atoms with Crippen LogP contribution >= 0.6 is 46.4 Å². The lowest BCUT2D eigenvalue weighted by Gasteiger charge is -2.05. The highest BCUT2D eigenvalue weighted by atomic mass is 35.5. The van der Waals surface area contributed by atoms with E-state index < -0.39 is 11.8 Å². The van der Waals surface area contributed by atoms with E-state index in [1.807, 2.05) is 0 Å². The van der Waals surface area contributed by atoms with Crippen molar-refractivity contribution >= 4 is 70.1 Å². The molecule has 0 aliphatic heterocycles. The summed E-state index contributed by atoms with van der Waals surface area (Å²) in [5, 5.41) is 7.39. The molecule has 0 aromatic heterocycles. The topological polar surface area (TPSA) is 70.6 Å². The van der Waals surface area contributed by atoms with Crippen LogP contribution in [0.5, 0.6) is 0 Å². The van der Waals surface area contributed by atoms with Crippen molar-refractivity contribution in [3.8, 4) is 0 Å². The zero-order chi connectivity index (χ0) is 17.7. The standard InChI is InChI=1S/C15H9Cl4N3O2/c16-10-3-1-8(5-12(10)18)7-20-22-15(24)14(23)21-9-2-4-11(17)13(19)6-9/h1-7H,(H,21,23)(H,22,24)/b20-7-. The molecule has 0 aliphatic rings. The average molecular weight is 405 g/mol. The smallest absolute Gasteiger partial charge is 0.318 e. The molecule has 2 rings (SSSR count). The van der Waals surface area contributed by atoms with Gasteiger partial charge in [0.05, 0.1) is 26.3 Å². The average Bonchev–Trinajstić information content (AvgIpc) is 2.54. The second kappa shape index (κ2) is 8.35. The Balaban J connectivity index is 1.93. The minimum atomic E-state index is -0.947. The van der Waals surface area contributed by atoms with E-state index in [1.54, 1.807) is 18.2 Å².